The van der Waals surface area contributed by atoms with Crippen molar-refractivity contribution < 1.29 is 0 Å². The summed E-state index contributed by atoms with van der Waals surface area (Å²) in [5.41, 5.74) is 2.93. The Kier molecular flexibility index (Phi) is 5.40. The van der Waals surface area contributed by atoms with Crippen LogP contribution in [-0.4, -0.2) is 0 Å². The van der Waals surface area contributed by atoms with Gasteiger partial charge in [0, 0.05) is 0 Å². The molecule has 2 aromatic rings. The van der Waals surface area contributed by atoms with Gasteiger partial charge in [-0.1, -0.05) is 81.4 Å². The van der Waals surface area contributed by atoms with Crippen LogP contribution in [-0.2, 0) is 0 Å². The number of benzene rings is 2. The van der Waals surface area contributed by atoms with E-state index in [1.165, 1.54) is 24.0 Å². The lowest BCUT2D eigenvalue weighted by Crippen LogP contribution is -2.08. The molecule has 0 aromatic heterocycles. The van der Waals surface area contributed by atoms with Crippen molar-refractivity contribution in [2.75, 3.05) is 0 Å². The fourth-order valence-corrected chi connectivity index (χ4v) is 2.80. The molecular formula is C20H26. The van der Waals surface area contributed by atoms with Crippen molar-refractivity contribution >= 4 is 0 Å². The van der Waals surface area contributed by atoms with E-state index in [0.717, 1.165) is 5.92 Å². The predicted octanol–water partition coefficient (Wildman–Crippen LogP) is 6.01. The highest BCUT2D eigenvalue weighted by molar-refractivity contribution is 5.20. The maximum atomic E-state index is 2.38. The van der Waals surface area contributed by atoms with Crippen molar-refractivity contribution in [3.8, 4) is 0 Å². The molecule has 20 heavy (non-hydrogen) atoms. The van der Waals surface area contributed by atoms with E-state index >= 15 is 0 Å². The van der Waals surface area contributed by atoms with Gasteiger partial charge in [0.05, 0.1) is 0 Å². The van der Waals surface area contributed by atoms with E-state index < -0.39 is 0 Å². The average Bonchev–Trinajstić information content (AvgIpc) is 2.53. The largest absolute Gasteiger partial charge is 0.0622 e. The topological polar surface area (TPSA) is 0 Å². The van der Waals surface area contributed by atoms with Gasteiger partial charge in [-0.3, -0.25) is 0 Å². The monoisotopic (exact) mass is 266 g/mol. The maximum absolute atomic E-state index is 2.38. The number of hydrogen-bond acceptors (Lipinski definition) is 0. The Morgan fingerprint density at radius 2 is 1.15 bits per heavy atom. The molecule has 0 aliphatic heterocycles. The molecule has 0 saturated heterocycles. The third-order valence-electron chi connectivity index (χ3n) is 4.60. The lowest BCUT2D eigenvalue weighted by Gasteiger charge is -2.22. The summed E-state index contributed by atoms with van der Waals surface area (Å²) in [4.78, 5) is 0. The summed E-state index contributed by atoms with van der Waals surface area (Å²) in [6.45, 7) is 7.08. The average molecular weight is 266 g/mol. The lowest BCUT2D eigenvalue weighted by molar-refractivity contribution is 0.422. The summed E-state index contributed by atoms with van der Waals surface area (Å²) in [7, 11) is 0. The van der Waals surface area contributed by atoms with Crippen LogP contribution in [0.3, 0.4) is 0 Å². The van der Waals surface area contributed by atoms with Gasteiger partial charge in [-0.25, -0.2) is 0 Å². The van der Waals surface area contributed by atoms with Gasteiger partial charge >= 0.3 is 0 Å². The summed E-state index contributed by atoms with van der Waals surface area (Å²) >= 11 is 0. The van der Waals surface area contributed by atoms with Crippen LogP contribution in [0.4, 0.5) is 0 Å². The Bertz CT molecular complexity index is 486. The Morgan fingerprint density at radius 3 is 1.70 bits per heavy atom. The van der Waals surface area contributed by atoms with Gasteiger partial charge in [0.15, 0.2) is 0 Å². The van der Waals surface area contributed by atoms with Crippen molar-refractivity contribution in [3.63, 3.8) is 0 Å². The molecule has 0 heteroatoms. The first-order valence-corrected chi connectivity index (χ1v) is 7.78. The molecule has 0 nitrogen and oxygen atoms in total. The van der Waals surface area contributed by atoms with E-state index in [1.54, 1.807) is 0 Å². The first kappa shape index (κ1) is 14.8. The minimum absolute atomic E-state index is 0.638. The molecule has 0 N–H and O–H groups in total. The smallest absolute Gasteiger partial charge is 0.0165 e. The summed E-state index contributed by atoms with van der Waals surface area (Å²) in [5, 5.41) is 0. The SMILES string of the molecule is CC(CCC(C)C(C)c1ccccc1)c1ccccc1. The molecule has 2 rings (SSSR count). The van der Waals surface area contributed by atoms with E-state index in [4.69, 9.17) is 0 Å². The van der Waals surface area contributed by atoms with Gasteiger partial charge in [0.25, 0.3) is 0 Å². The third-order valence-corrected chi connectivity index (χ3v) is 4.60. The van der Waals surface area contributed by atoms with E-state index in [9.17, 15) is 0 Å². The van der Waals surface area contributed by atoms with Crippen molar-refractivity contribution in [2.24, 2.45) is 5.92 Å². The molecule has 106 valence electrons. The van der Waals surface area contributed by atoms with Crippen LogP contribution in [0.2, 0.25) is 0 Å². The Labute approximate surface area is 123 Å². The van der Waals surface area contributed by atoms with Crippen LogP contribution >= 0.6 is 0 Å². The summed E-state index contributed by atoms with van der Waals surface area (Å²) in [5.74, 6) is 2.02. The van der Waals surface area contributed by atoms with Gasteiger partial charge in [-0.05, 0) is 41.7 Å². The molecular weight excluding hydrogens is 240 g/mol. The Balaban J connectivity index is 1.87. The van der Waals surface area contributed by atoms with Crippen LogP contribution in [0.25, 0.3) is 0 Å². The molecule has 3 unspecified atom stereocenters. The molecule has 3 atom stereocenters. The minimum Gasteiger partial charge on any atom is -0.0622 e. The molecule has 0 saturated carbocycles. The second kappa shape index (κ2) is 7.28. The van der Waals surface area contributed by atoms with Crippen molar-refractivity contribution in [1.82, 2.24) is 0 Å². The normalized spacial score (nSPS) is 15.6. The summed E-state index contributed by atoms with van der Waals surface area (Å²) in [6, 6.07) is 21.8. The molecule has 0 bridgehead atoms. The molecule has 0 aliphatic rings. The van der Waals surface area contributed by atoms with Gasteiger partial charge < -0.3 is 0 Å². The molecule has 0 spiro atoms. The van der Waals surface area contributed by atoms with E-state index in [1.807, 2.05) is 0 Å². The number of hydrogen-bond donors (Lipinski definition) is 0. The van der Waals surface area contributed by atoms with Crippen LogP contribution in [0.15, 0.2) is 60.7 Å². The lowest BCUT2D eigenvalue weighted by atomic mass is 9.83. The van der Waals surface area contributed by atoms with Gasteiger partial charge in [-0.15, -0.1) is 0 Å². The molecule has 2 aromatic carbocycles. The molecule has 0 fully saturated rings. The highest BCUT2D eigenvalue weighted by Gasteiger charge is 2.15. The zero-order chi connectivity index (χ0) is 14.4. The number of rotatable bonds is 6. The van der Waals surface area contributed by atoms with Gasteiger partial charge in [0.2, 0.25) is 0 Å². The molecule has 0 amide bonds. The quantitative estimate of drug-likeness (QED) is 0.600. The zero-order valence-corrected chi connectivity index (χ0v) is 12.9. The van der Waals surface area contributed by atoms with Crippen molar-refractivity contribution in [3.05, 3.63) is 71.8 Å². The second-order valence-electron chi connectivity index (χ2n) is 6.07. The Morgan fingerprint density at radius 1 is 0.650 bits per heavy atom. The minimum atomic E-state index is 0.638. The highest BCUT2D eigenvalue weighted by atomic mass is 14.2. The summed E-state index contributed by atoms with van der Waals surface area (Å²) in [6.07, 6.45) is 2.55. The van der Waals surface area contributed by atoms with Crippen LogP contribution < -0.4 is 0 Å². The molecule has 0 heterocycles. The van der Waals surface area contributed by atoms with Gasteiger partial charge in [-0.2, -0.15) is 0 Å². The van der Waals surface area contributed by atoms with Crippen molar-refractivity contribution in [2.45, 2.75) is 45.4 Å². The molecule has 0 radical (unpaired) electrons. The first-order chi connectivity index (χ1) is 9.68. The van der Waals surface area contributed by atoms with E-state index in [0.29, 0.717) is 11.8 Å². The predicted molar refractivity (Wildman–Crippen MR) is 88.1 cm³/mol. The van der Waals surface area contributed by atoms with E-state index in [-0.39, 0.29) is 0 Å². The van der Waals surface area contributed by atoms with Crippen LogP contribution in [0.1, 0.15) is 56.6 Å². The van der Waals surface area contributed by atoms with Crippen LogP contribution in [0.5, 0.6) is 0 Å². The van der Waals surface area contributed by atoms with Crippen molar-refractivity contribution in [1.29, 1.82) is 0 Å². The molecule has 0 aliphatic carbocycles. The summed E-state index contributed by atoms with van der Waals surface area (Å²) < 4.78 is 0. The highest BCUT2D eigenvalue weighted by Crippen LogP contribution is 2.30. The standard InChI is InChI=1S/C20H26/c1-16(18(3)20-12-8-5-9-13-20)14-15-17(2)19-10-6-4-7-11-19/h4-13,16-18H,14-15H2,1-3H3. The second-order valence-corrected chi connectivity index (χ2v) is 6.07. The van der Waals surface area contributed by atoms with Crippen LogP contribution in [0, 0.1) is 5.92 Å². The van der Waals surface area contributed by atoms with E-state index in [2.05, 4.69) is 81.4 Å². The Hall–Kier alpha value is -1.56. The maximum Gasteiger partial charge on any atom is -0.0165 e. The fourth-order valence-electron chi connectivity index (χ4n) is 2.80. The van der Waals surface area contributed by atoms with Gasteiger partial charge in [0.1, 0.15) is 0 Å². The zero-order valence-electron chi connectivity index (χ0n) is 12.9. The fraction of sp³-hybridized carbons (Fsp3) is 0.400. The third kappa shape index (κ3) is 3.96. The first-order valence-electron chi connectivity index (χ1n) is 7.78.